The average Bonchev–Trinajstić information content (AvgIpc) is 3.54. The lowest BCUT2D eigenvalue weighted by Crippen LogP contribution is -2.60. The number of ether oxygens (including phenoxy) is 2. The molecule has 12 nitrogen and oxygen atoms in total. The van der Waals surface area contributed by atoms with Crippen LogP contribution in [0.4, 0.5) is 15.8 Å². The average molecular weight is 845 g/mol. The van der Waals surface area contributed by atoms with Gasteiger partial charge in [-0.25, -0.2) is 4.39 Å². The van der Waals surface area contributed by atoms with E-state index < -0.39 is 0 Å². The van der Waals surface area contributed by atoms with Gasteiger partial charge in [-0.15, -0.1) is 0 Å². The Kier molecular flexibility index (Phi) is 15.4. The van der Waals surface area contributed by atoms with Gasteiger partial charge in [-0.3, -0.25) is 24.5 Å². The van der Waals surface area contributed by atoms with Crippen molar-refractivity contribution >= 4 is 34.0 Å². The van der Waals surface area contributed by atoms with Crippen LogP contribution in [0.5, 0.6) is 0 Å². The van der Waals surface area contributed by atoms with Crippen LogP contribution in [0.3, 0.4) is 0 Å². The molecule has 328 valence electrons. The van der Waals surface area contributed by atoms with E-state index in [9.17, 15) is 14.0 Å². The van der Waals surface area contributed by atoms with Crippen molar-refractivity contribution in [2.24, 2.45) is 0 Å². The van der Waals surface area contributed by atoms with Crippen molar-refractivity contribution in [3.8, 4) is 0 Å². The van der Waals surface area contributed by atoms with Gasteiger partial charge in [0.25, 0.3) is 0 Å². The number of carbonyl (C=O) groups excluding carboxylic acids is 2. The molecule has 0 aliphatic carbocycles. The van der Waals surface area contributed by atoms with Gasteiger partial charge in [0, 0.05) is 93.0 Å². The lowest BCUT2D eigenvalue weighted by atomic mass is 9.91. The Morgan fingerprint density at radius 2 is 1.74 bits per heavy atom. The topological polar surface area (TPSA) is 124 Å². The molecular weight excluding hydrogens is 784 g/mol. The third kappa shape index (κ3) is 12.1. The molecule has 0 bridgehead atoms. The Labute approximate surface area is 365 Å². The molecule has 5 aromatic rings. The van der Waals surface area contributed by atoms with Crippen LogP contribution in [-0.2, 0) is 30.9 Å². The second-order valence-corrected chi connectivity index (χ2v) is 17.4. The summed E-state index contributed by atoms with van der Waals surface area (Å²) in [6.07, 6.45) is 6.06. The number of hydrogen-bond acceptors (Lipinski definition) is 10. The summed E-state index contributed by atoms with van der Waals surface area (Å²) in [5.74, 6) is -0.619. The molecule has 0 spiro atoms. The summed E-state index contributed by atoms with van der Waals surface area (Å²) in [7, 11) is 2.10. The van der Waals surface area contributed by atoms with Crippen LogP contribution in [0.25, 0.3) is 10.8 Å². The first-order valence-electron chi connectivity index (χ1n) is 21.8. The maximum absolute atomic E-state index is 14.1. The van der Waals surface area contributed by atoms with Crippen LogP contribution >= 0.6 is 0 Å². The lowest BCUT2D eigenvalue weighted by molar-refractivity contribution is -0.121. The number of carbonyl (C=O) groups is 2. The molecule has 3 N–H and O–H groups in total. The number of nitrogens with zero attached hydrogens (tertiary/aromatic N) is 5. The standard InChI is InChI=1S/C49H61FN8O4/c1-35-31-57(33-46(59)58-34-49(2,3)47-45(58)25-37(27-54-47)24-36-10-13-41(50)14-11-36)43(29-53-35)32-56(4)19-21-62-23-22-61-20-18-52-30-44(38-8-6-5-7-9-38)48(60)55-42-15-12-40-28-51-17-16-39(40)26-42/h5-17,25-28,35,43-44,52-53H,18-24,29-34H2,1-4H3,(H,55,60)/t35-,43-,44-/m1/s1. The van der Waals surface area contributed by atoms with Crippen LogP contribution in [0.2, 0.25) is 0 Å². The van der Waals surface area contributed by atoms with Crippen molar-refractivity contribution in [2.75, 3.05) is 96.0 Å². The number of amides is 2. The summed E-state index contributed by atoms with van der Waals surface area (Å²) < 4.78 is 25.3. The number of anilines is 2. The fourth-order valence-corrected chi connectivity index (χ4v) is 8.42. The maximum Gasteiger partial charge on any atom is 0.241 e. The number of fused-ring (bicyclic) bond motifs is 2. The van der Waals surface area contributed by atoms with Gasteiger partial charge >= 0.3 is 0 Å². The Morgan fingerprint density at radius 3 is 2.55 bits per heavy atom. The number of benzene rings is 3. The number of rotatable bonds is 20. The van der Waals surface area contributed by atoms with E-state index in [1.165, 1.54) is 12.1 Å². The third-order valence-corrected chi connectivity index (χ3v) is 11.8. The quantitative estimate of drug-likeness (QED) is 0.0852. The van der Waals surface area contributed by atoms with Crippen molar-refractivity contribution in [2.45, 2.75) is 50.6 Å². The van der Waals surface area contributed by atoms with Crippen LogP contribution in [0.1, 0.15) is 49.1 Å². The number of likely N-dealkylation sites (N-methyl/N-ethyl adjacent to an activating group) is 1. The molecule has 0 saturated carbocycles. The molecule has 13 heteroatoms. The fourth-order valence-electron chi connectivity index (χ4n) is 8.42. The number of pyridine rings is 2. The van der Waals surface area contributed by atoms with Crippen LogP contribution in [0.15, 0.2) is 104 Å². The fraction of sp³-hybridized carbons (Fsp3) is 0.429. The smallest absolute Gasteiger partial charge is 0.241 e. The van der Waals surface area contributed by atoms with E-state index in [-0.39, 0.29) is 41.0 Å². The van der Waals surface area contributed by atoms with Gasteiger partial charge in [0.05, 0.1) is 50.3 Å². The summed E-state index contributed by atoms with van der Waals surface area (Å²) >= 11 is 0. The zero-order chi connectivity index (χ0) is 43.5. The molecule has 1 saturated heterocycles. The number of hydrogen-bond donors (Lipinski definition) is 3. The zero-order valence-electron chi connectivity index (χ0n) is 36.5. The molecule has 2 amide bonds. The molecule has 4 heterocycles. The summed E-state index contributed by atoms with van der Waals surface area (Å²) in [4.78, 5) is 43.1. The molecule has 2 aliphatic rings. The SMILES string of the molecule is C[C@@H]1CN(CC(=O)N2CC(C)(C)c3ncc(Cc4ccc(F)cc4)cc32)[C@@H](CN(C)CCOCCOCCNC[C@@H](C(=O)Nc2ccc3cnccc3c2)c2ccccc2)CN1. The number of aromatic nitrogens is 2. The molecule has 0 radical (unpaired) electrons. The first-order chi connectivity index (χ1) is 30.0. The monoisotopic (exact) mass is 844 g/mol. The number of halogens is 1. The third-order valence-electron chi connectivity index (χ3n) is 11.8. The van der Waals surface area contributed by atoms with E-state index in [2.05, 4.69) is 64.6 Å². The highest BCUT2D eigenvalue weighted by Gasteiger charge is 2.40. The molecule has 7 rings (SSSR count). The molecule has 2 aromatic heterocycles. The molecule has 0 unspecified atom stereocenters. The predicted octanol–water partition coefficient (Wildman–Crippen LogP) is 5.62. The largest absolute Gasteiger partial charge is 0.378 e. The van der Waals surface area contributed by atoms with E-state index >= 15 is 0 Å². The van der Waals surface area contributed by atoms with Crippen molar-refractivity contribution in [3.05, 3.63) is 132 Å². The first kappa shape index (κ1) is 44.9. The highest BCUT2D eigenvalue weighted by molar-refractivity contribution is 5.98. The van der Waals surface area contributed by atoms with Gasteiger partial charge in [0.1, 0.15) is 5.82 Å². The Hall–Kier alpha value is -5.15. The van der Waals surface area contributed by atoms with Gasteiger partial charge in [0.15, 0.2) is 0 Å². The predicted molar refractivity (Wildman–Crippen MR) is 243 cm³/mol. The van der Waals surface area contributed by atoms with Crippen molar-refractivity contribution in [1.82, 2.24) is 30.4 Å². The maximum atomic E-state index is 14.1. The minimum atomic E-state index is -0.368. The van der Waals surface area contributed by atoms with Crippen molar-refractivity contribution in [1.29, 1.82) is 0 Å². The van der Waals surface area contributed by atoms with E-state index in [0.717, 1.165) is 70.7 Å². The zero-order valence-corrected chi connectivity index (χ0v) is 36.5. The molecule has 3 aromatic carbocycles. The van der Waals surface area contributed by atoms with Crippen LogP contribution in [-0.4, -0.2) is 129 Å². The van der Waals surface area contributed by atoms with E-state index in [4.69, 9.17) is 14.5 Å². The Morgan fingerprint density at radius 1 is 0.952 bits per heavy atom. The highest BCUT2D eigenvalue weighted by atomic mass is 19.1. The lowest BCUT2D eigenvalue weighted by Gasteiger charge is -2.41. The van der Waals surface area contributed by atoms with Gasteiger partial charge in [0.2, 0.25) is 11.8 Å². The van der Waals surface area contributed by atoms with E-state index in [0.29, 0.717) is 59.0 Å². The molecular formula is C49H61FN8O4. The Balaban J connectivity index is 0.810. The molecule has 3 atom stereocenters. The second-order valence-electron chi connectivity index (χ2n) is 17.4. The van der Waals surface area contributed by atoms with E-state index in [1.807, 2.05) is 71.9 Å². The van der Waals surface area contributed by atoms with Crippen LogP contribution in [0, 0.1) is 5.82 Å². The second kappa shape index (κ2) is 21.3. The molecule has 1 fully saturated rings. The minimum Gasteiger partial charge on any atom is -0.378 e. The molecule has 2 aliphatic heterocycles. The first-order valence-corrected chi connectivity index (χ1v) is 21.8. The van der Waals surface area contributed by atoms with Crippen molar-refractivity contribution in [3.63, 3.8) is 0 Å². The van der Waals surface area contributed by atoms with Gasteiger partial charge in [-0.1, -0.05) is 62.4 Å². The summed E-state index contributed by atoms with van der Waals surface area (Å²) in [5, 5.41) is 12.2. The van der Waals surface area contributed by atoms with Crippen LogP contribution < -0.4 is 20.9 Å². The van der Waals surface area contributed by atoms with Crippen molar-refractivity contribution < 1.29 is 23.5 Å². The molecule has 62 heavy (non-hydrogen) atoms. The highest BCUT2D eigenvalue weighted by Crippen LogP contribution is 2.40. The van der Waals surface area contributed by atoms with E-state index in [1.54, 1.807) is 18.3 Å². The normalized spacial score (nSPS) is 17.9. The van der Waals surface area contributed by atoms with Gasteiger partial charge < -0.3 is 35.2 Å². The summed E-state index contributed by atoms with van der Waals surface area (Å²) in [5.41, 5.74) is 5.24. The van der Waals surface area contributed by atoms with Gasteiger partial charge in [-0.05, 0) is 78.9 Å². The summed E-state index contributed by atoms with van der Waals surface area (Å²) in [6.45, 7) is 13.6. The number of piperazine rings is 1. The summed E-state index contributed by atoms with van der Waals surface area (Å²) in [6, 6.07) is 26.7. The minimum absolute atomic E-state index is 0.0721. The number of nitrogens with one attached hydrogen (secondary N) is 3. The Bertz CT molecular complexity index is 2240. The van der Waals surface area contributed by atoms with Gasteiger partial charge in [-0.2, -0.15) is 0 Å².